The van der Waals surface area contributed by atoms with Gasteiger partial charge in [0.2, 0.25) is 0 Å². The predicted octanol–water partition coefficient (Wildman–Crippen LogP) is 2.92. The molecule has 1 aromatic carbocycles. The average Bonchev–Trinajstić information content (AvgIpc) is 2.49. The molecule has 0 saturated heterocycles. The maximum atomic E-state index is 11.6. The molecular weight excluding hydrogens is 310 g/mol. The van der Waals surface area contributed by atoms with E-state index in [1.165, 1.54) is 0 Å². The maximum Gasteiger partial charge on any atom is 0.372 e. The fraction of sp³-hybridized carbons (Fsp3) is 0.556. The Bertz CT molecular complexity index is 575. The van der Waals surface area contributed by atoms with E-state index < -0.39 is 11.6 Å². The molecule has 0 atom stereocenters. The standard InChI is InChI=1S/C18H27NO5/c1-17(2,3)23-15(20)12-19-10-9-18(4,5)14-8-6-7-13(11-14)16(21)24-22/h6-8,11,19,22H,9-10,12H2,1-5H3. The lowest BCUT2D eigenvalue weighted by Gasteiger charge is -2.26. The maximum absolute atomic E-state index is 11.6. The summed E-state index contributed by atoms with van der Waals surface area (Å²) in [5, 5.41) is 11.6. The molecule has 0 aliphatic carbocycles. The molecule has 0 spiro atoms. The monoisotopic (exact) mass is 337 g/mol. The van der Waals surface area contributed by atoms with Crippen LogP contribution in [0.15, 0.2) is 24.3 Å². The van der Waals surface area contributed by atoms with E-state index in [1.54, 1.807) is 18.2 Å². The minimum Gasteiger partial charge on any atom is -0.459 e. The summed E-state index contributed by atoms with van der Waals surface area (Å²) in [4.78, 5) is 26.8. The van der Waals surface area contributed by atoms with Crippen molar-refractivity contribution in [3.63, 3.8) is 0 Å². The number of ether oxygens (including phenoxy) is 1. The number of esters is 1. The highest BCUT2D eigenvalue weighted by Gasteiger charge is 2.22. The molecule has 6 nitrogen and oxygen atoms in total. The zero-order valence-electron chi connectivity index (χ0n) is 15.0. The molecule has 2 N–H and O–H groups in total. The van der Waals surface area contributed by atoms with Gasteiger partial charge in [-0.15, -0.1) is 0 Å². The van der Waals surface area contributed by atoms with Gasteiger partial charge < -0.3 is 10.1 Å². The molecule has 0 saturated carbocycles. The summed E-state index contributed by atoms with van der Waals surface area (Å²) in [5.74, 6) is -1.07. The summed E-state index contributed by atoms with van der Waals surface area (Å²) in [6, 6.07) is 6.95. The van der Waals surface area contributed by atoms with Gasteiger partial charge in [-0.3, -0.25) is 9.68 Å². The SMILES string of the molecule is CC(C)(C)OC(=O)CNCCC(C)(C)c1cccc(C(=O)OO)c1. The number of carbonyl (C=O) groups excluding carboxylic acids is 2. The number of carbonyl (C=O) groups is 2. The van der Waals surface area contributed by atoms with Crippen LogP contribution in [-0.4, -0.2) is 35.9 Å². The molecule has 134 valence electrons. The van der Waals surface area contributed by atoms with E-state index in [-0.39, 0.29) is 17.9 Å². The number of rotatable bonds is 7. The van der Waals surface area contributed by atoms with Gasteiger partial charge in [0.05, 0.1) is 12.1 Å². The van der Waals surface area contributed by atoms with Crippen molar-refractivity contribution in [2.24, 2.45) is 0 Å². The van der Waals surface area contributed by atoms with Gasteiger partial charge in [-0.05, 0) is 56.8 Å². The van der Waals surface area contributed by atoms with E-state index in [9.17, 15) is 9.59 Å². The van der Waals surface area contributed by atoms with Crippen LogP contribution in [0.3, 0.4) is 0 Å². The topological polar surface area (TPSA) is 84.9 Å². The average molecular weight is 337 g/mol. The molecule has 0 aliphatic heterocycles. The summed E-state index contributed by atoms with van der Waals surface area (Å²) in [6.07, 6.45) is 0.757. The van der Waals surface area contributed by atoms with Gasteiger partial charge in [-0.2, -0.15) is 5.26 Å². The van der Waals surface area contributed by atoms with E-state index in [4.69, 9.17) is 9.99 Å². The highest BCUT2D eigenvalue weighted by atomic mass is 17.1. The zero-order chi connectivity index (χ0) is 18.4. The minimum absolute atomic E-state index is 0.157. The normalized spacial score (nSPS) is 11.9. The minimum atomic E-state index is -0.782. The summed E-state index contributed by atoms with van der Waals surface area (Å²) < 4.78 is 5.23. The largest absolute Gasteiger partial charge is 0.459 e. The van der Waals surface area contributed by atoms with E-state index >= 15 is 0 Å². The first kappa shape index (κ1) is 20.1. The number of hydrogen-bond donors (Lipinski definition) is 2. The first-order chi connectivity index (χ1) is 11.0. The van der Waals surface area contributed by atoms with Crippen molar-refractivity contribution in [2.45, 2.75) is 52.1 Å². The van der Waals surface area contributed by atoms with E-state index in [0.29, 0.717) is 12.1 Å². The van der Waals surface area contributed by atoms with Crippen molar-refractivity contribution in [2.75, 3.05) is 13.1 Å². The molecule has 0 fully saturated rings. The van der Waals surface area contributed by atoms with Crippen LogP contribution < -0.4 is 5.32 Å². The van der Waals surface area contributed by atoms with Gasteiger partial charge in [-0.1, -0.05) is 26.0 Å². The Hall–Kier alpha value is -1.92. The Balaban J connectivity index is 2.55. The highest BCUT2D eigenvalue weighted by molar-refractivity contribution is 5.89. The number of nitrogens with one attached hydrogen (secondary N) is 1. The summed E-state index contributed by atoms with van der Waals surface area (Å²) >= 11 is 0. The van der Waals surface area contributed by atoms with Crippen LogP contribution in [0, 0.1) is 0 Å². The van der Waals surface area contributed by atoms with Gasteiger partial charge >= 0.3 is 11.9 Å². The third-order valence-corrected chi connectivity index (χ3v) is 3.58. The second-order valence-corrected chi connectivity index (χ2v) is 7.36. The van der Waals surface area contributed by atoms with E-state index in [0.717, 1.165) is 12.0 Å². The third kappa shape index (κ3) is 6.68. The van der Waals surface area contributed by atoms with Gasteiger partial charge in [0.25, 0.3) is 0 Å². The Labute approximate surface area is 143 Å². The van der Waals surface area contributed by atoms with E-state index in [1.807, 2.05) is 40.7 Å². The van der Waals surface area contributed by atoms with Crippen LogP contribution in [0.1, 0.15) is 57.0 Å². The smallest absolute Gasteiger partial charge is 0.372 e. The van der Waals surface area contributed by atoms with Crippen molar-refractivity contribution in [3.05, 3.63) is 35.4 Å². The van der Waals surface area contributed by atoms with Crippen LogP contribution in [0.25, 0.3) is 0 Å². The molecule has 1 aromatic rings. The third-order valence-electron chi connectivity index (χ3n) is 3.58. The van der Waals surface area contributed by atoms with Crippen LogP contribution in [0.2, 0.25) is 0 Å². The number of benzene rings is 1. The molecule has 0 unspecified atom stereocenters. The first-order valence-corrected chi connectivity index (χ1v) is 7.94. The second kappa shape index (κ2) is 8.26. The highest BCUT2D eigenvalue weighted by Crippen LogP contribution is 2.27. The lowest BCUT2D eigenvalue weighted by atomic mass is 9.81. The van der Waals surface area contributed by atoms with E-state index in [2.05, 4.69) is 10.2 Å². The number of hydrogen-bond acceptors (Lipinski definition) is 6. The molecule has 0 bridgehead atoms. The first-order valence-electron chi connectivity index (χ1n) is 7.94. The van der Waals surface area contributed by atoms with Crippen molar-refractivity contribution in [1.29, 1.82) is 0 Å². The summed E-state index contributed by atoms with van der Waals surface area (Å²) in [5.41, 5.74) is 0.543. The van der Waals surface area contributed by atoms with Crippen molar-refractivity contribution in [3.8, 4) is 0 Å². The molecule has 24 heavy (non-hydrogen) atoms. The van der Waals surface area contributed by atoms with Gasteiger partial charge in [-0.25, -0.2) is 4.79 Å². The molecule has 0 aromatic heterocycles. The Morgan fingerprint density at radius 3 is 2.42 bits per heavy atom. The lowest BCUT2D eigenvalue weighted by Crippen LogP contribution is -2.33. The van der Waals surface area contributed by atoms with Crippen molar-refractivity contribution in [1.82, 2.24) is 5.32 Å². The molecule has 0 aliphatic rings. The summed E-state index contributed by atoms with van der Waals surface area (Å²) in [7, 11) is 0. The fourth-order valence-corrected chi connectivity index (χ4v) is 2.23. The van der Waals surface area contributed by atoms with Gasteiger partial charge in [0, 0.05) is 0 Å². The second-order valence-electron chi connectivity index (χ2n) is 7.36. The van der Waals surface area contributed by atoms with Crippen molar-refractivity contribution >= 4 is 11.9 Å². The molecule has 0 amide bonds. The Morgan fingerprint density at radius 2 is 1.83 bits per heavy atom. The van der Waals surface area contributed by atoms with Crippen LogP contribution in [0.4, 0.5) is 0 Å². The molecular formula is C18H27NO5. The molecule has 0 radical (unpaired) electrons. The molecule has 1 rings (SSSR count). The summed E-state index contributed by atoms with van der Waals surface area (Å²) in [6.45, 7) is 10.4. The lowest BCUT2D eigenvalue weighted by molar-refractivity contribution is -0.182. The molecule has 6 heteroatoms. The quantitative estimate of drug-likeness (QED) is 0.344. The van der Waals surface area contributed by atoms with Crippen LogP contribution in [-0.2, 0) is 19.8 Å². The van der Waals surface area contributed by atoms with Gasteiger partial charge in [0.15, 0.2) is 0 Å². The Morgan fingerprint density at radius 1 is 1.17 bits per heavy atom. The van der Waals surface area contributed by atoms with Crippen molar-refractivity contribution < 1.29 is 24.5 Å². The van der Waals surface area contributed by atoms with Gasteiger partial charge in [0.1, 0.15) is 5.60 Å². The van der Waals surface area contributed by atoms with Crippen LogP contribution >= 0.6 is 0 Å². The Kier molecular flexibility index (Phi) is 6.93. The van der Waals surface area contributed by atoms with Crippen LogP contribution in [0.5, 0.6) is 0 Å². The fourth-order valence-electron chi connectivity index (χ4n) is 2.23. The zero-order valence-corrected chi connectivity index (χ0v) is 15.0. The predicted molar refractivity (Wildman–Crippen MR) is 90.8 cm³/mol. The molecule has 0 heterocycles.